The van der Waals surface area contributed by atoms with Crippen molar-refractivity contribution in [3.8, 4) is 5.75 Å². The molecule has 0 aliphatic carbocycles. The smallest absolute Gasteiger partial charge is 0.310 e. The molecule has 8 heteroatoms. The van der Waals surface area contributed by atoms with Crippen molar-refractivity contribution in [2.24, 2.45) is 5.73 Å². The van der Waals surface area contributed by atoms with Crippen LogP contribution in [0.15, 0.2) is 12.1 Å². The number of fused-ring (bicyclic) bond motifs is 2. The summed E-state index contributed by atoms with van der Waals surface area (Å²) >= 11 is 0. The first-order chi connectivity index (χ1) is 13.5. The summed E-state index contributed by atoms with van der Waals surface area (Å²) in [6.07, 6.45) is 1.65. The molecule has 1 aliphatic rings. The lowest BCUT2D eigenvalue weighted by molar-refractivity contribution is -0.118. The van der Waals surface area contributed by atoms with Crippen molar-refractivity contribution in [2.45, 2.75) is 46.1 Å². The molecule has 146 valence electrons. The quantitative estimate of drug-likeness (QED) is 0.659. The Morgan fingerprint density at radius 3 is 2.86 bits per heavy atom. The minimum Gasteiger partial charge on any atom is -0.493 e. The number of hydrogen-bond donors (Lipinski definition) is 1. The number of amides is 1. The topological polar surface area (TPSA) is 95.9 Å². The first-order valence-electron chi connectivity index (χ1n) is 9.41. The zero-order valence-corrected chi connectivity index (χ0v) is 16.0. The maximum absolute atomic E-state index is 13.8. The van der Waals surface area contributed by atoms with Crippen LogP contribution in [0.4, 0.5) is 4.39 Å². The van der Waals surface area contributed by atoms with Gasteiger partial charge in [-0.05, 0) is 36.1 Å². The highest BCUT2D eigenvalue weighted by molar-refractivity contribution is 5.76. The summed E-state index contributed by atoms with van der Waals surface area (Å²) in [5.74, 6) is 1.18. The van der Waals surface area contributed by atoms with Gasteiger partial charge in [0, 0.05) is 25.8 Å². The largest absolute Gasteiger partial charge is 0.493 e. The van der Waals surface area contributed by atoms with E-state index in [-0.39, 0.29) is 6.42 Å². The van der Waals surface area contributed by atoms with Crippen LogP contribution in [0.3, 0.4) is 0 Å². The van der Waals surface area contributed by atoms with Crippen LogP contribution in [0, 0.1) is 13.0 Å². The van der Waals surface area contributed by atoms with Crippen molar-refractivity contribution in [1.29, 1.82) is 0 Å². The molecule has 0 spiro atoms. The van der Waals surface area contributed by atoms with Gasteiger partial charge >= 0.3 is 6.08 Å². The number of rotatable bonds is 6. The van der Waals surface area contributed by atoms with Crippen LogP contribution in [-0.2, 0) is 30.6 Å². The summed E-state index contributed by atoms with van der Waals surface area (Å²) < 4.78 is 21.3. The highest BCUT2D eigenvalue weighted by Gasteiger charge is 2.20. The molecule has 1 aliphatic heterocycles. The molecule has 1 aromatic carbocycles. The Bertz CT molecular complexity index is 1080. The number of carbonyl (C=O) groups excluding carboxylic acids is 1. The summed E-state index contributed by atoms with van der Waals surface area (Å²) in [6.45, 7) is 4.80. The van der Waals surface area contributed by atoms with Crippen LogP contribution < -0.4 is 10.5 Å². The van der Waals surface area contributed by atoms with E-state index in [0.29, 0.717) is 42.3 Å². The van der Waals surface area contributed by atoms with E-state index in [4.69, 9.17) is 10.5 Å². The Morgan fingerprint density at radius 1 is 1.29 bits per heavy atom. The number of halogens is 1. The molecule has 3 aromatic rings. The minimum atomic E-state index is -0.808. The molecule has 0 saturated heterocycles. The Balaban J connectivity index is 1.81. The van der Waals surface area contributed by atoms with Crippen LogP contribution in [0.25, 0.3) is 11.2 Å². The summed E-state index contributed by atoms with van der Waals surface area (Å²) in [6, 6.07) is 4.26. The number of aromatic nitrogens is 4. The van der Waals surface area contributed by atoms with Gasteiger partial charge in [0.2, 0.25) is 5.91 Å². The Kier molecular flexibility index (Phi) is 4.70. The normalized spacial score (nSPS) is 13.0. The standard InChI is InChI=1S/C20H22FN5O2/c1-3-12-8-13-5-7-28-15(13)9-14(12)10-17-24-18-11(2)23-20(21)25-19(18)26(17)6-4-16(22)27/h8-9H,3-7,10H2,1-2H3,(H2,22,27). The second-order valence-corrected chi connectivity index (χ2v) is 7.00. The molecular weight excluding hydrogens is 361 g/mol. The molecule has 0 saturated carbocycles. The molecule has 2 N–H and O–H groups in total. The molecule has 2 aromatic heterocycles. The molecule has 0 unspecified atom stereocenters. The zero-order chi connectivity index (χ0) is 19.8. The van der Waals surface area contributed by atoms with Gasteiger partial charge in [-0.15, -0.1) is 0 Å². The number of imidazole rings is 1. The third kappa shape index (κ3) is 3.30. The lowest BCUT2D eigenvalue weighted by Crippen LogP contribution is -2.16. The van der Waals surface area contributed by atoms with Crippen LogP contribution in [-0.4, -0.2) is 32.0 Å². The van der Waals surface area contributed by atoms with Gasteiger partial charge in [0.25, 0.3) is 0 Å². The van der Waals surface area contributed by atoms with Gasteiger partial charge in [-0.25, -0.2) is 9.97 Å². The third-order valence-electron chi connectivity index (χ3n) is 5.14. The van der Waals surface area contributed by atoms with Gasteiger partial charge in [-0.3, -0.25) is 4.79 Å². The van der Waals surface area contributed by atoms with E-state index < -0.39 is 12.0 Å². The molecule has 4 rings (SSSR count). The summed E-state index contributed by atoms with van der Waals surface area (Å²) in [5.41, 5.74) is 10.3. The lowest BCUT2D eigenvalue weighted by Gasteiger charge is -2.12. The number of aryl methyl sites for hydroxylation is 3. The highest BCUT2D eigenvalue weighted by atomic mass is 19.1. The predicted molar refractivity (Wildman–Crippen MR) is 102 cm³/mol. The number of nitrogens with two attached hydrogens (primary N) is 1. The van der Waals surface area contributed by atoms with E-state index in [1.165, 1.54) is 11.1 Å². The molecule has 0 fully saturated rings. The highest BCUT2D eigenvalue weighted by Crippen LogP contribution is 2.31. The molecule has 0 radical (unpaired) electrons. The fourth-order valence-corrected chi connectivity index (χ4v) is 3.72. The fourth-order valence-electron chi connectivity index (χ4n) is 3.72. The average molecular weight is 383 g/mol. The van der Waals surface area contributed by atoms with Crippen LogP contribution in [0.1, 0.15) is 41.6 Å². The predicted octanol–water partition coefficient (Wildman–Crippen LogP) is 2.24. The van der Waals surface area contributed by atoms with Crippen molar-refractivity contribution >= 4 is 17.1 Å². The Labute approximate surface area is 161 Å². The molecule has 28 heavy (non-hydrogen) atoms. The third-order valence-corrected chi connectivity index (χ3v) is 5.14. The van der Waals surface area contributed by atoms with E-state index >= 15 is 0 Å². The first-order valence-corrected chi connectivity index (χ1v) is 9.41. The Hall–Kier alpha value is -3.03. The van der Waals surface area contributed by atoms with Crippen molar-refractivity contribution in [1.82, 2.24) is 19.5 Å². The SMILES string of the molecule is CCc1cc2c(cc1Cc1nc3c(C)nc(F)nc3n1CCC(N)=O)OCC2. The molecule has 7 nitrogen and oxygen atoms in total. The monoisotopic (exact) mass is 383 g/mol. The van der Waals surface area contributed by atoms with Gasteiger partial charge in [0.15, 0.2) is 5.65 Å². The number of nitrogens with zero attached hydrogens (tertiary/aromatic N) is 4. The van der Waals surface area contributed by atoms with Crippen LogP contribution in [0.5, 0.6) is 5.75 Å². The van der Waals surface area contributed by atoms with E-state index in [9.17, 15) is 9.18 Å². The van der Waals surface area contributed by atoms with E-state index in [1.807, 2.05) is 0 Å². The number of benzene rings is 1. The van der Waals surface area contributed by atoms with E-state index in [2.05, 4.69) is 34.0 Å². The van der Waals surface area contributed by atoms with Crippen molar-refractivity contribution < 1.29 is 13.9 Å². The van der Waals surface area contributed by atoms with Gasteiger partial charge in [0.1, 0.15) is 17.1 Å². The van der Waals surface area contributed by atoms with Crippen molar-refractivity contribution in [3.05, 3.63) is 46.4 Å². The summed E-state index contributed by atoms with van der Waals surface area (Å²) in [4.78, 5) is 23.7. The molecule has 0 bridgehead atoms. The lowest BCUT2D eigenvalue weighted by atomic mass is 9.98. The maximum atomic E-state index is 13.8. The first kappa shape index (κ1) is 18.3. The zero-order valence-electron chi connectivity index (χ0n) is 16.0. The fraction of sp³-hybridized carbons (Fsp3) is 0.400. The Morgan fingerprint density at radius 2 is 2.11 bits per heavy atom. The number of primary amides is 1. The minimum absolute atomic E-state index is 0.122. The number of ether oxygens (including phenoxy) is 1. The van der Waals surface area contributed by atoms with Crippen LogP contribution in [0.2, 0.25) is 0 Å². The molecule has 1 amide bonds. The van der Waals surface area contributed by atoms with Gasteiger partial charge in [-0.2, -0.15) is 9.37 Å². The van der Waals surface area contributed by atoms with Crippen molar-refractivity contribution in [2.75, 3.05) is 6.61 Å². The second-order valence-electron chi connectivity index (χ2n) is 7.00. The molecule has 3 heterocycles. The van der Waals surface area contributed by atoms with E-state index in [0.717, 1.165) is 24.2 Å². The van der Waals surface area contributed by atoms with Crippen molar-refractivity contribution in [3.63, 3.8) is 0 Å². The second kappa shape index (κ2) is 7.18. The summed E-state index contributed by atoms with van der Waals surface area (Å²) in [5, 5.41) is 0. The van der Waals surface area contributed by atoms with E-state index in [1.54, 1.807) is 11.5 Å². The average Bonchev–Trinajstić information content (AvgIpc) is 3.23. The maximum Gasteiger partial charge on any atom is 0.310 e. The van der Waals surface area contributed by atoms with Gasteiger partial charge < -0.3 is 15.0 Å². The number of hydrogen-bond acceptors (Lipinski definition) is 5. The number of carbonyl (C=O) groups is 1. The summed E-state index contributed by atoms with van der Waals surface area (Å²) in [7, 11) is 0. The molecule has 0 atom stereocenters. The van der Waals surface area contributed by atoms with Gasteiger partial charge in [-0.1, -0.05) is 13.0 Å². The van der Waals surface area contributed by atoms with Gasteiger partial charge in [0.05, 0.1) is 12.3 Å². The molecular formula is C20H22FN5O2. The van der Waals surface area contributed by atoms with Crippen LogP contribution >= 0.6 is 0 Å².